The average Bonchev–Trinajstić information content (AvgIpc) is 2.53. The van der Waals surface area contributed by atoms with E-state index in [4.69, 9.17) is 15.2 Å². The number of primary amides is 1. The van der Waals surface area contributed by atoms with Gasteiger partial charge in [-0.2, -0.15) is 0 Å². The first-order valence-corrected chi connectivity index (χ1v) is 8.30. The number of carbonyl (C=O) groups is 2. The normalized spacial score (nSPS) is 11.1. The highest BCUT2D eigenvalue weighted by Crippen LogP contribution is 2.08. The van der Waals surface area contributed by atoms with Crippen molar-refractivity contribution in [1.29, 1.82) is 0 Å². The number of amides is 2. The van der Waals surface area contributed by atoms with Gasteiger partial charge >= 0.3 is 6.09 Å². The highest BCUT2D eigenvalue weighted by Gasteiger charge is 2.29. The molecule has 1 aromatic carbocycles. The van der Waals surface area contributed by atoms with E-state index in [1.54, 1.807) is 0 Å². The summed E-state index contributed by atoms with van der Waals surface area (Å²) in [6.07, 6.45) is 3.26. The number of unbranched alkanes of at least 4 members (excludes halogenated alkanes) is 3. The van der Waals surface area contributed by atoms with Crippen LogP contribution >= 0.6 is 0 Å². The molecule has 0 spiro atoms. The van der Waals surface area contributed by atoms with Gasteiger partial charge in [0.05, 0.1) is 6.61 Å². The third-order valence-electron chi connectivity index (χ3n) is 3.54. The summed E-state index contributed by atoms with van der Waals surface area (Å²) in [6.45, 7) is 4.81. The number of alkyl carbamates (subject to hydrolysis) is 1. The number of rotatable bonds is 11. The van der Waals surface area contributed by atoms with Gasteiger partial charge in [0.2, 0.25) is 0 Å². The quantitative estimate of drug-likeness (QED) is 0.608. The Morgan fingerprint density at radius 3 is 2.42 bits per heavy atom. The summed E-state index contributed by atoms with van der Waals surface area (Å²) < 4.78 is 10.6. The first-order chi connectivity index (χ1) is 11.4. The highest BCUT2D eigenvalue weighted by molar-refractivity contribution is 5.85. The summed E-state index contributed by atoms with van der Waals surface area (Å²) in [5.74, 6) is -0.673. The van der Waals surface area contributed by atoms with Gasteiger partial charge in [0.1, 0.15) is 0 Å². The van der Waals surface area contributed by atoms with E-state index in [0.717, 1.165) is 32.3 Å². The Morgan fingerprint density at radius 2 is 1.75 bits per heavy atom. The Morgan fingerprint density at radius 1 is 1.08 bits per heavy atom. The second kappa shape index (κ2) is 10.6. The van der Waals surface area contributed by atoms with Crippen LogP contribution in [0, 0.1) is 0 Å². The number of benzene rings is 1. The van der Waals surface area contributed by atoms with Crippen molar-refractivity contribution in [2.24, 2.45) is 5.73 Å². The minimum Gasteiger partial charge on any atom is -0.433 e. The molecule has 0 unspecified atom stereocenters. The SMILES string of the molecule is CC(C)(OC(=O)NCCCCCCOCc1ccccc1)C(N)=O. The van der Waals surface area contributed by atoms with Crippen molar-refractivity contribution in [3.8, 4) is 0 Å². The molecule has 0 aliphatic heterocycles. The Balaban J connectivity index is 1.95. The van der Waals surface area contributed by atoms with Crippen molar-refractivity contribution in [1.82, 2.24) is 5.32 Å². The van der Waals surface area contributed by atoms with Crippen molar-refractivity contribution in [2.45, 2.75) is 51.7 Å². The van der Waals surface area contributed by atoms with Crippen LogP contribution in [-0.2, 0) is 20.9 Å². The van der Waals surface area contributed by atoms with Gasteiger partial charge in [0.25, 0.3) is 5.91 Å². The first-order valence-electron chi connectivity index (χ1n) is 8.30. The zero-order valence-corrected chi connectivity index (χ0v) is 14.5. The van der Waals surface area contributed by atoms with E-state index in [2.05, 4.69) is 5.32 Å². The molecular formula is C18H28N2O4. The third-order valence-corrected chi connectivity index (χ3v) is 3.54. The summed E-state index contributed by atoms with van der Waals surface area (Å²) in [7, 11) is 0. The standard InChI is InChI=1S/C18H28N2O4/c1-18(2,16(19)21)24-17(22)20-12-8-3-4-9-13-23-14-15-10-6-5-7-11-15/h5-7,10-11H,3-4,8-9,12-14H2,1-2H3,(H2,19,21)(H,20,22). The Bertz CT molecular complexity index is 503. The summed E-state index contributed by atoms with van der Waals surface area (Å²) in [5, 5.41) is 2.62. The molecule has 0 fully saturated rings. The van der Waals surface area contributed by atoms with Crippen LogP contribution < -0.4 is 11.1 Å². The first kappa shape index (κ1) is 20.0. The summed E-state index contributed by atoms with van der Waals surface area (Å²) in [4.78, 5) is 22.6. The fourth-order valence-electron chi connectivity index (χ4n) is 1.96. The smallest absolute Gasteiger partial charge is 0.408 e. The van der Waals surface area contributed by atoms with E-state index in [0.29, 0.717) is 13.2 Å². The Hall–Kier alpha value is -2.08. The van der Waals surface area contributed by atoms with Crippen LogP contribution in [0.25, 0.3) is 0 Å². The van der Waals surface area contributed by atoms with E-state index in [1.807, 2.05) is 30.3 Å². The number of hydrogen-bond donors (Lipinski definition) is 2. The number of ether oxygens (including phenoxy) is 2. The van der Waals surface area contributed by atoms with Crippen LogP contribution in [0.5, 0.6) is 0 Å². The van der Waals surface area contributed by atoms with E-state index in [-0.39, 0.29) is 0 Å². The maximum atomic E-state index is 11.5. The molecular weight excluding hydrogens is 308 g/mol. The van der Waals surface area contributed by atoms with Gasteiger partial charge < -0.3 is 20.5 Å². The Labute approximate surface area is 143 Å². The molecule has 134 valence electrons. The van der Waals surface area contributed by atoms with Crippen LogP contribution in [0.15, 0.2) is 30.3 Å². The molecule has 0 saturated heterocycles. The summed E-state index contributed by atoms with van der Waals surface area (Å²) in [5.41, 5.74) is 5.02. The molecule has 1 aromatic rings. The zero-order valence-electron chi connectivity index (χ0n) is 14.5. The second-order valence-corrected chi connectivity index (χ2v) is 6.14. The summed E-state index contributed by atoms with van der Waals surface area (Å²) >= 11 is 0. The molecule has 0 radical (unpaired) electrons. The van der Waals surface area contributed by atoms with Crippen LogP contribution in [0.4, 0.5) is 4.79 Å². The van der Waals surface area contributed by atoms with Crippen molar-refractivity contribution < 1.29 is 19.1 Å². The van der Waals surface area contributed by atoms with Gasteiger partial charge in [-0.25, -0.2) is 4.79 Å². The van der Waals surface area contributed by atoms with Gasteiger partial charge in [0, 0.05) is 13.2 Å². The van der Waals surface area contributed by atoms with Crippen LogP contribution in [-0.4, -0.2) is 30.8 Å². The molecule has 1 rings (SSSR count). The van der Waals surface area contributed by atoms with Crippen LogP contribution in [0.3, 0.4) is 0 Å². The predicted octanol–water partition coefficient (Wildman–Crippen LogP) is 2.75. The van der Waals surface area contributed by atoms with Crippen LogP contribution in [0.1, 0.15) is 45.1 Å². The maximum absolute atomic E-state index is 11.5. The lowest BCUT2D eigenvalue weighted by Gasteiger charge is -2.21. The average molecular weight is 336 g/mol. The van der Waals surface area contributed by atoms with E-state index in [1.165, 1.54) is 19.4 Å². The van der Waals surface area contributed by atoms with E-state index in [9.17, 15) is 9.59 Å². The molecule has 0 bridgehead atoms. The van der Waals surface area contributed by atoms with Crippen molar-refractivity contribution >= 4 is 12.0 Å². The molecule has 3 N–H and O–H groups in total. The fraction of sp³-hybridized carbons (Fsp3) is 0.556. The van der Waals surface area contributed by atoms with E-state index < -0.39 is 17.6 Å². The molecule has 6 heteroatoms. The highest BCUT2D eigenvalue weighted by atomic mass is 16.6. The van der Waals surface area contributed by atoms with Crippen molar-refractivity contribution in [3.63, 3.8) is 0 Å². The van der Waals surface area contributed by atoms with Gasteiger partial charge in [-0.1, -0.05) is 43.2 Å². The molecule has 24 heavy (non-hydrogen) atoms. The van der Waals surface area contributed by atoms with Gasteiger partial charge in [-0.15, -0.1) is 0 Å². The third kappa shape index (κ3) is 8.53. The predicted molar refractivity (Wildman–Crippen MR) is 92.3 cm³/mol. The summed E-state index contributed by atoms with van der Waals surface area (Å²) in [6, 6.07) is 10.1. The lowest BCUT2D eigenvalue weighted by atomic mass is 10.1. The minimum atomic E-state index is -1.29. The minimum absolute atomic E-state index is 0.512. The van der Waals surface area contributed by atoms with Gasteiger partial charge in [0.15, 0.2) is 5.60 Å². The molecule has 0 aliphatic carbocycles. The number of hydrogen-bond acceptors (Lipinski definition) is 4. The van der Waals surface area contributed by atoms with Crippen LogP contribution in [0.2, 0.25) is 0 Å². The van der Waals surface area contributed by atoms with Gasteiger partial charge in [-0.05, 0) is 32.3 Å². The Kier molecular flexibility index (Phi) is 8.86. The van der Waals surface area contributed by atoms with Gasteiger partial charge in [-0.3, -0.25) is 4.79 Å². The maximum Gasteiger partial charge on any atom is 0.408 e. The second-order valence-electron chi connectivity index (χ2n) is 6.14. The van der Waals surface area contributed by atoms with Crippen molar-refractivity contribution in [2.75, 3.05) is 13.2 Å². The molecule has 0 heterocycles. The van der Waals surface area contributed by atoms with E-state index >= 15 is 0 Å². The zero-order chi connectivity index (χ0) is 17.8. The topological polar surface area (TPSA) is 90.7 Å². The number of nitrogens with one attached hydrogen (secondary N) is 1. The fourth-order valence-corrected chi connectivity index (χ4v) is 1.96. The molecule has 6 nitrogen and oxygen atoms in total. The number of nitrogens with two attached hydrogens (primary N) is 1. The molecule has 0 aliphatic rings. The lowest BCUT2D eigenvalue weighted by Crippen LogP contribution is -2.44. The largest absolute Gasteiger partial charge is 0.433 e. The lowest BCUT2D eigenvalue weighted by molar-refractivity contribution is -0.133. The van der Waals surface area contributed by atoms with Crippen molar-refractivity contribution in [3.05, 3.63) is 35.9 Å². The number of carbonyl (C=O) groups excluding carboxylic acids is 2. The molecule has 2 amide bonds. The molecule has 0 aromatic heterocycles. The molecule has 0 atom stereocenters. The molecule has 0 saturated carbocycles. The monoisotopic (exact) mass is 336 g/mol.